The highest BCUT2D eigenvalue weighted by atomic mass is 79.9. The third kappa shape index (κ3) is 2.71. The fourth-order valence-electron chi connectivity index (χ4n) is 2.49. The Morgan fingerprint density at radius 1 is 1.23 bits per heavy atom. The standard InChI is InChI=1S/C16H11Br2ClFNO/c1-7-4-10-13(21-7)6-11(17)14(15(10)18)16(22)9-3-2-8(20)5-12(9)19/h2-6,16,21-22H,1H3. The van der Waals surface area contributed by atoms with Crippen molar-refractivity contribution >= 4 is 54.4 Å². The van der Waals surface area contributed by atoms with Gasteiger partial charge in [-0.25, -0.2) is 4.39 Å². The van der Waals surface area contributed by atoms with Crippen molar-refractivity contribution in [1.29, 1.82) is 0 Å². The number of hydrogen-bond donors (Lipinski definition) is 2. The summed E-state index contributed by atoms with van der Waals surface area (Å²) in [7, 11) is 0. The molecule has 1 heterocycles. The number of benzene rings is 2. The van der Waals surface area contributed by atoms with E-state index in [0.717, 1.165) is 25.5 Å². The summed E-state index contributed by atoms with van der Waals surface area (Å²) in [5.41, 5.74) is 3.09. The molecule has 0 fully saturated rings. The van der Waals surface area contributed by atoms with Crippen molar-refractivity contribution < 1.29 is 9.50 Å². The van der Waals surface area contributed by atoms with Crippen LogP contribution >= 0.6 is 43.5 Å². The Hall–Kier alpha value is -0.880. The van der Waals surface area contributed by atoms with Gasteiger partial charge in [0.25, 0.3) is 0 Å². The summed E-state index contributed by atoms with van der Waals surface area (Å²) in [5, 5.41) is 11.9. The van der Waals surface area contributed by atoms with Crippen LogP contribution in [-0.2, 0) is 0 Å². The maximum Gasteiger partial charge on any atom is 0.124 e. The van der Waals surface area contributed by atoms with Crippen LogP contribution in [0.4, 0.5) is 4.39 Å². The van der Waals surface area contributed by atoms with Crippen LogP contribution in [0.2, 0.25) is 5.02 Å². The van der Waals surface area contributed by atoms with Crippen molar-refractivity contribution in [2.75, 3.05) is 0 Å². The molecule has 1 unspecified atom stereocenters. The van der Waals surface area contributed by atoms with Gasteiger partial charge in [-0.3, -0.25) is 0 Å². The fourth-order valence-corrected chi connectivity index (χ4v) is 4.43. The Morgan fingerprint density at radius 3 is 2.64 bits per heavy atom. The lowest BCUT2D eigenvalue weighted by atomic mass is 10.00. The Labute approximate surface area is 148 Å². The van der Waals surface area contributed by atoms with Gasteiger partial charge in [-0.2, -0.15) is 0 Å². The number of hydrogen-bond acceptors (Lipinski definition) is 1. The maximum atomic E-state index is 13.2. The van der Waals surface area contributed by atoms with E-state index in [1.54, 1.807) is 0 Å². The molecule has 0 radical (unpaired) electrons. The van der Waals surface area contributed by atoms with E-state index in [2.05, 4.69) is 36.8 Å². The van der Waals surface area contributed by atoms with E-state index >= 15 is 0 Å². The van der Waals surface area contributed by atoms with Crippen LogP contribution in [0.3, 0.4) is 0 Å². The first-order chi connectivity index (χ1) is 10.4. The zero-order chi connectivity index (χ0) is 16.0. The number of nitrogens with one attached hydrogen (secondary N) is 1. The van der Waals surface area contributed by atoms with Crippen LogP contribution < -0.4 is 0 Å². The molecule has 0 spiro atoms. The van der Waals surface area contributed by atoms with Gasteiger partial charge in [0.1, 0.15) is 11.9 Å². The van der Waals surface area contributed by atoms with Gasteiger partial charge in [0.2, 0.25) is 0 Å². The number of fused-ring (bicyclic) bond motifs is 1. The predicted molar refractivity (Wildman–Crippen MR) is 93.9 cm³/mol. The van der Waals surface area contributed by atoms with Crippen molar-refractivity contribution in [3.63, 3.8) is 0 Å². The van der Waals surface area contributed by atoms with Gasteiger partial charge in [0.15, 0.2) is 0 Å². The molecule has 0 saturated heterocycles. The van der Waals surface area contributed by atoms with E-state index < -0.39 is 11.9 Å². The van der Waals surface area contributed by atoms with Crippen molar-refractivity contribution in [1.82, 2.24) is 4.98 Å². The third-order valence-electron chi connectivity index (χ3n) is 3.51. The van der Waals surface area contributed by atoms with E-state index in [9.17, 15) is 9.50 Å². The lowest BCUT2D eigenvalue weighted by Gasteiger charge is -2.17. The summed E-state index contributed by atoms with van der Waals surface area (Å²) in [5.74, 6) is -0.434. The molecule has 0 aliphatic rings. The van der Waals surface area contributed by atoms with Crippen molar-refractivity contribution in [3.05, 3.63) is 66.9 Å². The maximum absolute atomic E-state index is 13.2. The average Bonchev–Trinajstić information content (AvgIpc) is 2.79. The highest BCUT2D eigenvalue weighted by Crippen LogP contribution is 2.41. The minimum atomic E-state index is -0.976. The molecule has 0 amide bonds. The van der Waals surface area contributed by atoms with E-state index in [0.29, 0.717) is 11.1 Å². The van der Waals surface area contributed by atoms with Gasteiger partial charge in [0, 0.05) is 41.7 Å². The predicted octanol–water partition coefficient (Wildman–Crippen LogP) is 5.88. The summed E-state index contributed by atoms with van der Waals surface area (Å²) in [6, 6.07) is 7.87. The molecule has 3 aromatic rings. The summed E-state index contributed by atoms with van der Waals surface area (Å²) in [6.45, 7) is 1.97. The van der Waals surface area contributed by atoms with E-state index in [1.165, 1.54) is 18.2 Å². The molecule has 0 bridgehead atoms. The van der Waals surface area contributed by atoms with E-state index in [1.807, 2.05) is 19.1 Å². The zero-order valence-corrected chi connectivity index (χ0v) is 15.4. The number of aliphatic hydroxyl groups is 1. The molecular formula is C16H11Br2ClFNO. The SMILES string of the molecule is Cc1cc2c(Br)c(C(O)c3ccc(F)cc3Cl)c(Br)cc2[nH]1. The molecule has 2 aromatic carbocycles. The van der Waals surface area contributed by atoms with E-state index in [4.69, 9.17) is 11.6 Å². The van der Waals surface area contributed by atoms with Crippen LogP contribution in [0, 0.1) is 12.7 Å². The van der Waals surface area contributed by atoms with Gasteiger partial charge >= 0.3 is 0 Å². The molecule has 2 N–H and O–H groups in total. The minimum Gasteiger partial charge on any atom is -0.384 e. The number of H-pyrrole nitrogens is 1. The second-order valence-corrected chi connectivity index (χ2v) is 7.12. The number of aryl methyl sites for hydroxylation is 1. The fraction of sp³-hybridized carbons (Fsp3) is 0.125. The quantitative estimate of drug-likeness (QED) is 0.506. The number of aromatic amines is 1. The summed E-state index contributed by atoms with van der Waals surface area (Å²) in [4.78, 5) is 3.25. The number of halogens is 4. The normalized spacial score (nSPS) is 12.8. The molecule has 1 aromatic heterocycles. The van der Waals surface area contributed by atoms with Gasteiger partial charge in [0.05, 0.1) is 0 Å². The van der Waals surface area contributed by atoms with Crippen LogP contribution in [0.15, 0.2) is 39.3 Å². The Kier molecular flexibility index (Phi) is 4.34. The summed E-state index contributed by atoms with van der Waals surface area (Å²) >= 11 is 13.1. The molecule has 6 heteroatoms. The molecule has 1 atom stereocenters. The van der Waals surface area contributed by atoms with E-state index in [-0.39, 0.29) is 5.02 Å². The first-order valence-electron chi connectivity index (χ1n) is 6.48. The summed E-state index contributed by atoms with van der Waals surface area (Å²) < 4.78 is 14.7. The van der Waals surface area contributed by atoms with Crippen LogP contribution in [-0.4, -0.2) is 10.1 Å². The second-order valence-electron chi connectivity index (χ2n) is 5.07. The van der Waals surface area contributed by atoms with Gasteiger partial charge in [-0.1, -0.05) is 33.6 Å². The lowest BCUT2D eigenvalue weighted by molar-refractivity contribution is 0.219. The molecule has 114 valence electrons. The molecule has 0 aliphatic carbocycles. The third-order valence-corrected chi connectivity index (χ3v) is 5.35. The van der Waals surface area contributed by atoms with Crippen LogP contribution in [0.1, 0.15) is 22.9 Å². The van der Waals surface area contributed by atoms with Crippen molar-refractivity contribution in [2.24, 2.45) is 0 Å². The monoisotopic (exact) mass is 445 g/mol. The van der Waals surface area contributed by atoms with Gasteiger partial charge < -0.3 is 10.1 Å². The Bertz CT molecular complexity index is 878. The Balaban J connectivity index is 2.20. The van der Waals surface area contributed by atoms with Crippen LogP contribution in [0.5, 0.6) is 0 Å². The number of aliphatic hydroxyl groups excluding tert-OH is 1. The molecule has 22 heavy (non-hydrogen) atoms. The zero-order valence-electron chi connectivity index (χ0n) is 11.4. The molecular weight excluding hydrogens is 436 g/mol. The van der Waals surface area contributed by atoms with Gasteiger partial charge in [-0.05, 0) is 47.1 Å². The Morgan fingerprint density at radius 2 is 1.95 bits per heavy atom. The molecule has 3 rings (SSSR count). The molecule has 2 nitrogen and oxygen atoms in total. The summed E-state index contributed by atoms with van der Waals surface area (Å²) in [6.07, 6.45) is -0.976. The second kappa shape index (κ2) is 5.96. The van der Waals surface area contributed by atoms with Crippen molar-refractivity contribution in [3.8, 4) is 0 Å². The average molecular weight is 448 g/mol. The largest absolute Gasteiger partial charge is 0.384 e. The lowest BCUT2D eigenvalue weighted by Crippen LogP contribution is -2.03. The minimum absolute atomic E-state index is 0.191. The highest BCUT2D eigenvalue weighted by molar-refractivity contribution is 9.11. The first kappa shape index (κ1) is 16.0. The van der Waals surface area contributed by atoms with Gasteiger partial charge in [-0.15, -0.1) is 0 Å². The molecule has 0 saturated carbocycles. The number of rotatable bonds is 2. The highest BCUT2D eigenvalue weighted by Gasteiger charge is 2.22. The topological polar surface area (TPSA) is 36.0 Å². The first-order valence-corrected chi connectivity index (χ1v) is 8.45. The van der Waals surface area contributed by atoms with Crippen molar-refractivity contribution in [2.45, 2.75) is 13.0 Å². The number of aromatic nitrogens is 1. The molecule has 0 aliphatic heterocycles. The van der Waals surface area contributed by atoms with Crippen LogP contribution in [0.25, 0.3) is 10.9 Å². The smallest absolute Gasteiger partial charge is 0.124 e.